The van der Waals surface area contributed by atoms with E-state index >= 15 is 0 Å². The SMILES string of the molecule is C=C(CN1CCC(c2cccc(OCc3ccc(Cl)cc3F)n2)CC1)N(CCC)c1cc(C(=O)O)ccc1C. The van der Waals surface area contributed by atoms with E-state index < -0.39 is 11.8 Å². The highest BCUT2D eigenvalue weighted by Gasteiger charge is 2.24. The third kappa shape index (κ3) is 7.37. The molecule has 39 heavy (non-hydrogen) atoms. The number of halogens is 2. The first-order valence-electron chi connectivity index (χ1n) is 13.3. The fraction of sp³-hybridized carbons (Fsp3) is 0.355. The molecule has 206 valence electrons. The van der Waals surface area contributed by atoms with Crippen molar-refractivity contribution in [2.24, 2.45) is 0 Å². The number of likely N-dealkylation sites (tertiary alicyclic amines) is 1. The van der Waals surface area contributed by atoms with E-state index in [9.17, 15) is 14.3 Å². The Morgan fingerprint density at radius 1 is 1.21 bits per heavy atom. The van der Waals surface area contributed by atoms with Gasteiger partial charge in [-0.05, 0) is 75.2 Å². The van der Waals surface area contributed by atoms with Gasteiger partial charge >= 0.3 is 5.97 Å². The van der Waals surface area contributed by atoms with E-state index in [1.165, 1.54) is 6.07 Å². The topological polar surface area (TPSA) is 65.9 Å². The fourth-order valence-corrected chi connectivity index (χ4v) is 5.12. The zero-order chi connectivity index (χ0) is 27.9. The molecule has 3 aromatic rings. The molecule has 0 atom stereocenters. The molecule has 1 saturated heterocycles. The number of nitrogens with zero attached hydrogens (tertiary/aromatic N) is 3. The summed E-state index contributed by atoms with van der Waals surface area (Å²) in [7, 11) is 0. The molecule has 1 N–H and O–H groups in total. The summed E-state index contributed by atoms with van der Waals surface area (Å²) >= 11 is 5.84. The number of hydrogen-bond donors (Lipinski definition) is 1. The zero-order valence-electron chi connectivity index (χ0n) is 22.5. The van der Waals surface area contributed by atoms with Gasteiger partial charge in [-0.15, -0.1) is 0 Å². The van der Waals surface area contributed by atoms with Crippen molar-refractivity contribution >= 4 is 23.3 Å². The predicted molar refractivity (Wildman–Crippen MR) is 153 cm³/mol. The monoisotopic (exact) mass is 551 g/mol. The Morgan fingerprint density at radius 3 is 2.67 bits per heavy atom. The number of pyridine rings is 1. The highest BCUT2D eigenvalue weighted by atomic mass is 35.5. The number of benzene rings is 2. The summed E-state index contributed by atoms with van der Waals surface area (Å²) in [6.07, 6.45) is 2.83. The smallest absolute Gasteiger partial charge is 0.335 e. The average molecular weight is 552 g/mol. The minimum Gasteiger partial charge on any atom is -0.478 e. The van der Waals surface area contributed by atoms with Gasteiger partial charge in [-0.1, -0.05) is 43.3 Å². The maximum atomic E-state index is 14.1. The van der Waals surface area contributed by atoms with Crippen molar-refractivity contribution < 1.29 is 19.0 Å². The van der Waals surface area contributed by atoms with Crippen LogP contribution in [0.2, 0.25) is 5.02 Å². The normalized spacial score (nSPS) is 14.3. The van der Waals surface area contributed by atoms with Crippen LogP contribution < -0.4 is 9.64 Å². The van der Waals surface area contributed by atoms with Gasteiger partial charge in [0, 0.05) is 52.7 Å². The summed E-state index contributed by atoms with van der Waals surface area (Å²) in [4.78, 5) is 20.8. The number of piperidine rings is 1. The molecular weight excluding hydrogens is 517 g/mol. The van der Waals surface area contributed by atoms with Gasteiger partial charge in [0.15, 0.2) is 0 Å². The fourth-order valence-electron chi connectivity index (χ4n) is 4.97. The van der Waals surface area contributed by atoms with Crippen LogP contribution in [0.5, 0.6) is 5.88 Å². The van der Waals surface area contributed by atoms with Crippen molar-refractivity contribution in [3.05, 3.63) is 100 Å². The number of ether oxygens (including phenoxy) is 1. The van der Waals surface area contributed by atoms with Crippen molar-refractivity contribution in [1.29, 1.82) is 0 Å². The van der Waals surface area contributed by atoms with Crippen molar-refractivity contribution in [2.45, 2.75) is 45.6 Å². The van der Waals surface area contributed by atoms with Gasteiger partial charge in [-0.2, -0.15) is 0 Å². The molecule has 0 unspecified atom stereocenters. The van der Waals surface area contributed by atoms with Gasteiger partial charge in [0.2, 0.25) is 5.88 Å². The first kappa shape index (κ1) is 28.6. The number of carboxylic acids is 1. The van der Waals surface area contributed by atoms with E-state index in [0.717, 1.165) is 61.5 Å². The van der Waals surface area contributed by atoms with Crippen LogP contribution in [0.15, 0.2) is 66.9 Å². The van der Waals surface area contributed by atoms with E-state index in [0.29, 0.717) is 28.9 Å². The Bertz CT molecular complexity index is 1320. The molecule has 0 saturated carbocycles. The molecule has 0 aliphatic carbocycles. The summed E-state index contributed by atoms with van der Waals surface area (Å²) in [5, 5.41) is 9.82. The van der Waals surface area contributed by atoms with Gasteiger partial charge in [0.1, 0.15) is 12.4 Å². The molecule has 2 aromatic carbocycles. The van der Waals surface area contributed by atoms with Crippen LogP contribution in [0.4, 0.5) is 10.1 Å². The Kier molecular flexibility index (Phi) is 9.59. The second-order valence-corrected chi connectivity index (χ2v) is 10.4. The van der Waals surface area contributed by atoms with Crippen LogP contribution in [-0.2, 0) is 6.61 Å². The number of carboxylic acid groups (broad SMARTS) is 1. The van der Waals surface area contributed by atoms with Crippen LogP contribution in [0.25, 0.3) is 0 Å². The number of carbonyl (C=O) groups is 1. The lowest BCUT2D eigenvalue weighted by Crippen LogP contribution is -2.38. The van der Waals surface area contributed by atoms with E-state index in [-0.39, 0.29) is 12.2 Å². The summed E-state index contributed by atoms with van der Waals surface area (Å²) in [5.74, 6) is -0.533. The summed E-state index contributed by atoms with van der Waals surface area (Å²) in [6, 6.07) is 15.5. The molecule has 2 heterocycles. The standard InChI is InChI=1S/C31H35ClFN3O3/c1-4-14-36(29-17-24(31(37)38)9-8-21(29)2)22(3)19-35-15-12-23(13-16-35)28-6-5-7-30(34-28)39-20-25-10-11-26(32)18-27(25)33/h5-11,17-18,23H,3-4,12-16,19-20H2,1-2H3,(H,37,38). The van der Waals surface area contributed by atoms with Crippen molar-refractivity contribution in [2.75, 3.05) is 31.1 Å². The molecule has 0 radical (unpaired) electrons. The molecular formula is C31H35ClFN3O3. The lowest BCUT2D eigenvalue weighted by atomic mass is 9.93. The first-order chi connectivity index (χ1) is 18.7. The van der Waals surface area contributed by atoms with Crippen LogP contribution in [-0.4, -0.2) is 47.1 Å². The van der Waals surface area contributed by atoms with Gasteiger partial charge in [0.05, 0.1) is 5.56 Å². The van der Waals surface area contributed by atoms with Gasteiger partial charge in [-0.3, -0.25) is 4.90 Å². The van der Waals surface area contributed by atoms with Gasteiger partial charge in [0.25, 0.3) is 0 Å². The minimum atomic E-state index is -0.930. The molecule has 0 amide bonds. The number of rotatable bonds is 11. The Labute approximate surface area is 234 Å². The molecule has 1 aromatic heterocycles. The molecule has 1 aliphatic rings. The number of aromatic carboxylic acids is 1. The summed E-state index contributed by atoms with van der Waals surface area (Å²) in [6.45, 7) is 11.9. The zero-order valence-corrected chi connectivity index (χ0v) is 23.3. The third-order valence-corrected chi connectivity index (χ3v) is 7.36. The predicted octanol–water partition coefficient (Wildman–Crippen LogP) is 7.07. The molecule has 6 nitrogen and oxygen atoms in total. The van der Waals surface area contributed by atoms with E-state index in [2.05, 4.69) is 23.3 Å². The number of aryl methyl sites for hydroxylation is 1. The van der Waals surface area contributed by atoms with Crippen LogP contribution in [0.3, 0.4) is 0 Å². The second kappa shape index (κ2) is 13.1. The van der Waals surface area contributed by atoms with Crippen LogP contribution in [0.1, 0.15) is 59.3 Å². The summed E-state index contributed by atoms with van der Waals surface area (Å²) < 4.78 is 19.9. The Morgan fingerprint density at radius 2 is 1.97 bits per heavy atom. The molecule has 8 heteroatoms. The number of anilines is 1. The van der Waals surface area contributed by atoms with E-state index in [1.807, 2.05) is 25.1 Å². The maximum absolute atomic E-state index is 14.1. The van der Waals surface area contributed by atoms with Crippen LogP contribution in [0, 0.1) is 12.7 Å². The van der Waals surface area contributed by atoms with Crippen molar-refractivity contribution in [3.63, 3.8) is 0 Å². The van der Waals surface area contributed by atoms with E-state index in [1.54, 1.807) is 30.3 Å². The molecule has 1 aliphatic heterocycles. The van der Waals surface area contributed by atoms with Crippen LogP contribution >= 0.6 is 11.6 Å². The highest BCUT2D eigenvalue weighted by Crippen LogP contribution is 2.30. The van der Waals surface area contributed by atoms with E-state index in [4.69, 9.17) is 21.3 Å². The lowest BCUT2D eigenvalue weighted by molar-refractivity contribution is 0.0697. The number of aromatic nitrogens is 1. The highest BCUT2D eigenvalue weighted by molar-refractivity contribution is 6.30. The maximum Gasteiger partial charge on any atom is 0.335 e. The Hall–Kier alpha value is -3.42. The third-order valence-electron chi connectivity index (χ3n) is 7.12. The van der Waals surface area contributed by atoms with Crippen molar-refractivity contribution in [3.8, 4) is 5.88 Å². The van der Waals surface area contributed by atoms with Crippen molar-refractivity contribution in [1.82, 2.24) is 9.88 Å². The average Bonchev–Trinajstić information content (AvgIpc) is 2.92. The molecule has 0 spiro atoms. The second-order valence-electron chi connectivity index (χ2n) is 10.00. The first-order valence-corrected chi connectivity index (χ1v) is 13.7. The number of hydrogen-bond acceptors (Lipinski definition) is 5. The summed E-state index contributed by atoms with van der Waals surface area (Å²) in [5.41, 5.74) is 4.58. The molecule has 0 bridgehead atoms. The quantitative estimate of drug-likeness (QED) is 0.275. The minimum absolute atomic E-state index is 0.0864. The molecule has 1 fully saturated rings. The lowest BCUT2D eigenvalue weighted by Gasteiger charge is -2.35. The van der Waals surface area contributed by atoms with Gasteiger partial charge in [-0.25, -0.2) is 14.2 Å². The van der Waals surface area contributed by atoms with Gasteiger partial charge < -0.3 is 14.7 Å². The Balaban J connectivity index is 1.35. The largest absolute Gasteiger partial charge is 0.478 e. The molecule has 4 rings (SSSR count).